The van der Waals surface area contributed by atoms with Crippen LogP contribution in [0, 0.1) is 0 Å². The van der Waals surface area contributed by atoms with E-state index < -0.39 is 0 Å². The van der Waals surface area contributed by atoms with Crippen molar-refractivity contribution < 1.29 is 9.53 Å². The predicted molar refractivity (Wildman–Crippen MR) is 105 cm³/mol. The Bertz CT molecular complexity index is 766. The fourth-order valence-corrected chi connectivity index (χ4v) is 3.17. The maximum absolute atomic E-state index is 12.4. The molecule has 26 heavy (non-hydrogen) atoms. The molecule has 2 aromatic rings. The van der Waals surface area contributed by atoms with Crippen molar-refractivity contribution in [2.75, 3.05) is 33.3 Å². The third kappa shape index (κ3) is 4.87. The second kappa shape index (κ2) is 8.88. The first-order chi connectivity index (χ1) is 12.7. The first-order valence-electron chi connectivity index (χ1n) is 8.72. The van der Waals surface area contributed by atoms with E-state index in [4.69, 9.17) is 16.3 Å². The maximum atomic E-state index is 12.4. The average molecular weight is 371 g/mol. The molecule has 1 heterocycles. The zero-order valence-electron chi connectivity index (χ0n) is 14.9. The van der Waals surface area contributed by atoms with Crippen LogP contribution in [-0.4, -0.2) is 49.0 Å². The van der Waals surface area contributed by atoms with E-state index in [0.717, 1.165) is 49.1 Å². The standard InChI is InChI=1S/C21H23ClN2O2/c1-26-20-5-3-2-4-18(20)8-11-21(25)24-14-12-23(13-15-24)16-17-6-9-19(22)10-7-17/h2-11H,12-16H2,1H3/b11-8+. The van der Waals surface area contributed by atoms with Crippen LogP contribution in [0.3, 0.4) is 0 Å². The number of carbonyl (C=O) groups is 1. The van der Waals surface area contributed by atoms with Crippen LogP contribution in [0.15, 0.2) is 54.6 Å². The molecule has 0 bridgehead atoms. The van der Waals surface area contributed by atoms with Crippen LogP contribution in [-0.2, 0) is 11.3 Å². The first-order valence-corrected chi connectivity index (χ1v) is 9.10. The summed E-state index contributed by atoms with van der Waals surface area (Å²) >= 11 is 5.93. The van der Waals surface area contributed by atoms with E-state index in [2.05, 4.69) is 17.0 Å². The summed E-state index contributed by atoms with van der Waals surface area (Å²) in [5, 5.41) is 0.756. The molecule has 0 aromatic heterocycles. The van der Waals surface area contributed by atoms with Crippen molar-refractivity contribution in [3.05, 3.63) is 70.8 Å². The Morgan fingerprint density at radius 2 is 1.77 bits per heavy atom. The van der Waals surface area contributed by atoms with Gasteiger partial charge in [-0.2, -0.15) is 0 Å². The Hall–Kier alpha value is -2.30. The Labute approximate surface area is 159 Å². The maximum Gasteiger partial charge on any atom is 0.246 e. The van der Waals surface area contributed by atoms with E-state index in [1.807, 2.05) is 47.4 Å². The highest BCUT2D eigenvalue weighted by molar-refractivity contribution is 6.30. The molecule has 0 saturated carbocycles. The summed E-state index contributed by atoms with van der Waals surface area (Å²) < 4.78 is 5.31. The van der Waals surface area contributed by atoms with Crippen LogP contribution >= 0.6 is 11.6 Å². The number of benzene rings is 2. The van der Waals surface area contributed by atoms with Crippen LogP contribution in [0.5, 0.6) is 5.75 Å². The summed E-state index contributed by atoms with van der Waals surface area (Å²) in [6, 6.07) is 15.6. The number of hydrogen-bond acceptors (Lipinski definition) is 3. The molecule has 3 rings (SSSR count). The van der Waals surface area contributed by atoms with E-state index in [0.29, 0.717) is 0 Å². The van der Waals surface area contributed by atoms with Gasteiger partial charge in [-0.25, -0.2) is 0 Å². The molecule has 0 aliphatic carbocycles. The fourth-order valence-electron chi connectivity index (χ4n) is 3.04. The lowest BCUT2D eigenvalue weighted by molar-refractivity contribution is -0.127. The number of hydrogen-bond donors (Lipinski definition) is 0. The number of amides is 1. The van der Waals surface area contributed by atoms with Gasteiger partial charge in [0.05, 0.1) is 7.11 Å². The smallest absolute Gasteiger partial charge is 0.246 e. The summed E-state index contributed by atoms with van der Waals surface area (Å²) in [4.78, 5) is 16.7. The van der Waals surface area contributed by atoms with Crippen LogP contribution in [0.4, 0.5) is 0 Å². The molecular weight excluding hydrogens is 348 g/mol. The van der Waals surface area contributed by atoms with Gasteiger partial charge in [-0.15, -0.1) is 0 Å². The number of halogens is 1. The molecule has 2 aromatic carbocycles. The SMILES string of the molecule is COc1ccccc1/C=C/C(=O)N1CCN(Cc2ccc(Cl)cc2)CC1. The summed E-state index contributed by atoms with van der Waals surface area (Å²) in [5.41, 5.74) is 2.15. The zero-order valence-corrected chi connectivity index (χ0v) is 15.7. The van der Waals surface area contributed by atoms with Crippen LogP contribution in [0.2, 0.25) is 5.02 Å². The number of piperazine rings is 1. The largest absolute Gasteiger partial charge is 0.496 e. The minimum absolute atomic E-state index is 0.0436. The molecule has 136 valence electrons. The molecule has 0 radical (unpaired) electrons. The number of para-hydroxylation sites is 1. The molecule has 0 unspecified atom stereocenters. The van der Waals surface area contributed by atoms with Gasteiger partial charge < -0.3 is 9.64 Å². The summed E-state index contributed by atoms with van der Waals surface area (Å²) in [7, 11) is 1.63. The van der Waals surface area contributed by atoms with Crippen LogP contribution < -0.4 is 4.74 Å². The van der Waals surface area contributed by atoms with Gasteiger partial charge in [0.25, 0.3) is 0 Å². The van der Waals surface area contributed by atoms with E-state index in [9.17, 15) is 4.79 Å². The van der Waals surface area contributed by atoms with Gasteiger partial charge in [-0.05, 0) is 29.8 Å². The monoisotopic (exact) mass is 370 g/mol. The minimum atomic E-state index is 0.0436. The van der Waals surface area contributed by atoms with Gasteiger partial charge in [-0.1, -0.05) is 41.9 Å². The van der Waals surface area contributed by atoms with Crippen LogP contribution in [0.25, 0.3) is 6.08 Å². The highest BCUT2D eigenvalue weighted by Gasteiger charge is 2.19. The number of carbonyl (C=O) groups excluding carboxylic acids is 1. The zero-order chi connectivity index (χ0) is 18.4. The molecule has 5 heteroatoms. The molecule has 1 saturated heterocycles. The molecule has 4 nitrogen and oxygen atoms in total. The van der Waals surface area contributed by atoms with Crippen molar-refractivity contribution in [1.29, 1.82) is 0 Å². The van der Waals surface area contributed by atoms with E-state index >= 15 is 0 Å². The second-order valence-electron chi connectivity index (χ2n) is 6.30. The van der Waals surface area contributed by atoms with Crippen molar-refractivity contribution in [2.24, 2.45) is 0 Å². The topological polar surface area (TPSA) is 32.8 Å². The third-order valence-electron chi connectivity index (χ3n) is 4.55. The van der Waals surface area contributed by atoms with Crippen molar-refractivity contribution >= 4 is 23.6 Å². The highest BCUT2D eigenvalue weighted by Crippen LogP contribution is 2.19. The lowest BCUT2D eigenvalue weighted by Gasteiger charge is -2.34. The predicted octanol–water partition coefficient (Wildman–Crippen LogP) is 3.71. The second-order valence-corrected chi connectivity index (χ2v) is 6.74. The summed E-state index contributed by atoms with van der Waals surface area (Å²) in [6.07, 6.45) is 3.45. The van der Waals surface area contributed by atoms with E-state index in [-0.39, 0.29) is 5.91 Å². The number of nitrogens with zero attached hydrogens (tertiary/aromatic N) is 2. The Kier molecular flexibility index (Phi) is 6.31. The molecule has 1 aliphatic rings. The molecule has 0 spiro atoms. The Balaban J connectivity index is 1.51. The summed E-state index contributed by atoms with van der Waals surface area (Å²) in [6.45, 7) is 4.11. The van der Waals surface area contributed by atoms with Gasteiger partial charge in [0.1, 0.15) is 5.75 Å². The fraction of sp³-hybridized carbons (Fsp3) is 0.286. The first kappa shape index (κ1) is 18.5. The van der Waals surface area contributed by atoms with Crippen molar-refractivity contribution in [3.8, 4) is 5.75 Å². The Morgan fingerprint density at radius 1 is 1.08 bits per heavy atom. The minimum Gasteiger partial charge on any atom is -0.496 e. The van der Waals surface area contributed by atoms with Crippen molar-refractivity contribution in [3.63, 3.8) is 0 Å². The van der Waals surface area contributed by atoms with E-state index in [1.54, 1.807) is 13.2 Å². The van der Waals surface area contributed by atoms with Gasteiger partial charge in [0, 0.05) is 49.4 Å². The third-order valence-corrected chi connectivity index (χ3v) is 4.80. The average Bonchev–Trinajstić information content (AvgIpc) is 2.68. The van der Waals surface area contributed by atoms with Gasteiger partial charge in [0.2, 0.25) is 5.91 Å². The van der Waals surface area contributed by atoms with Crippen LogP contribution in [0.1, 0.15) is 11.1 Å². The van der Waals surface area contributed by atoms with Gasteiger partial charge in [-0.3, -0.25) is 9.69 Å². The molecular formula is C21H23ClN2O2. The number of methoxy groups -OCH3 is 1. The molecule has 1 amide bonds. The Morgan fingerprint density at radius 3 is 2.46 bits per heavy atom. The highest BCUT2D eigenvalue weighted by atomic mass is 35.5. The molecule has 0 N–H and O–H groups in total. The summed E-state index contributed by atoms with van der Waals surface area (Å²) in [5.74, 6) is 0.811. The number of rotatable bonds is 5. The van der Waals surface area contributed by atoms with Gasteiger partial charge in [0.15, 0.2) is 0 Å². The lowest BCUT2D eigenvalue weighted by Crippen LogP contribution is -2.47. The molecule has 0 atom stereocenters. The number of ether oxygens (including phenoxy) is 1. The lowest BCUT2D eigenvalue weighted by atomic mass is 10.1. The quantitative estimate of drug-likeness (QED) is 0.752. The molecule has 1 aliphatic heterocycles. The van der Waals surface area contributed by atoms with Gasteiger partial charge >= 0.3 is 0 Å². The normalized spacial score (nSPS) is 15.4. The van der Waals surface area contributed by atoms with Crippen molar-refractivity contribution in [1.82, 2.24) is 9.80 Å². The molecule has 1 fully saturated rings. The van der Waals surface area contributed by atoms with E-state index in [1.165, 1.54) is 5.56 Å². The van der Waals surface area contributed by atoms with Crippen molar-refractivity contribution in [2.45, 2.75) is 6.54 Å².